The number of phenols is 1. The number of carbonyl (C=O) groups is 4. The molecule has 0 unspecified atom stereocenters. The normalized spacial score (nSPS) is 11.2. The van der Waals surface area contributed by atoms with Crippen LogP contribution in [0.1, 0.15) is 229 Å². The summed E-state index contributed by atoms with van der Waals surface area (Å²) in [5, 5.41) is 10.2. The summed E-state index contributed by atoms with van der Waals surface area (Å²) in [5.41, 5.74) is 0.561. The Balaban J connectivity index is 2.04. The molecule has 0 aliphatic carbocycles. The largest absolute Gasteiger partial charge is 0.508 e. The van der Waals surface area contributed by atoms with Crippen LogP contribution < -0.4 is 14.2 Å². The Morgan fingerprint density at radius 1 is 0.458 bits per heavy atom. The number of allylic oxidation sites excluding steroid dienone is 1. The van der Waals surface area contributed by atoms with Crippen molar-refractivity contribution in [1.82, 2.24) is 0 Å². The number of aromatic hydroxyl groups is 1. The highest BCUT2D eigenvalue weighted by molar-refractivity contribution is 6.09. The van der Waals surface area contributed by atoms with E-state index in [0.29, 0.717) is 24.8 Å². The number of carbonyl (C=O) groups excluding carboxylic acids is 4. The quantitative estimate of drug-likeness (QED) is 0.0237. The van der Waals surface area contributed by atoms with Gasteiger partial charge in [-0.3, -0.25) is 19.2 Å². The van der Waals surface area contributed by atoms with Crippen molar-refractivity contribution in [1.29, 1.82) is 0 Å². The van der Waals surface area contributed by atoms with E-state index >= 15 is 0 Å². The van der Waals surface area contributed by atoms with Crippen LogP contribution in [0.5, 0.6) is 23.0 Å². The highest BCUT2D eigenvalue weighted by Crippen LogP contribution is 2.30. The molecule has 0 saturated heterocycles. The van der Waals surface area contributed by atoms with E-state index in [-0.39, 0.29) is 47.4 Å². The number of ether oxygens (including phenoxy) is 3. The molecule has 0 aliphatic rings. The predicted molar refractivity (Wildman–Crippen MR) is 240 cm³/mol. The van der Waals surface area contributed by atoms with Gasteiger partial charge in [0.1, 0.15) is 23.0 Å². The van der Waals surface area contributed by atoms with Crippen LogP contribution in [0, 0.1) is 0 Å². The Morgan fingerprint density at radius 3 is 1.29 bits per heavy atom. The van der Waals surface area contributed by atoms with Gasteiger partial charge in [0.25, 0.3) is 0 Å². The van der Waals surface area contributed by atoms with E-state index < -0.39 is 17.7 Å². The molecule has 0 radical (unpaired) electrons. The van der Waals surface area contributed by atoms with Gasteiger partial charge in [0.15, 0.2) is 5.78 Å². The fourth-order valence-corrected chi connectivity index (χ4v) is 7.13. The summed E-state index contributed by atoms with van der Waals surface area (Å²) in [6.07, 6.45) is 34.2. The van der Waals surface area contributed by atoms with Crippen LogP contribution in [0.4, 0.5) is 0 Å². The molecule has 2 aromatic carbocycles. The van der Waals surface area contributed by atoms with E-state index in [1.165, 1.54) is 139 Å². The van der Waals surface area contributed by atoms with Crippen molar-refractivity contribution in [3.05, 3.63) is 53.6 Å². The van der Waals surface area contributed by atoms with Gasteiger partial charge in [0, 0.05) is 37.0 Å². The van der Waals surface area contributed by atoms with E-state index in [1.54, 1.807) is 12.1 Å². The standard InChI is InChI=1S/C51H78O8/c1-4-7-10-13-16-19-22-25-28-31-49(54)57-44-37-34-42(47(41-44)58-50(55)32-29-26-23-20-17-14-11-8-5-2)35-39-46(53)45-38-36-43(52)40-48(45)59-51(56)33-30-27-24-21-18-15-12-9-6-3/h34-41,52H,4-33H2,1-3H3. The summed E-state index contributed by atoms with van der Waals surface area (Å²) >= 11 is 0. The Labute approximate surface area is 357 Å². The van der Waals surface area contributed by atoms with Gasteiger partial charge < -0.3 is 19.3 Å². The lowest BCUT2D eigenvalue weighted by Gasteiger charge is -2.11. The fourth-order valence-electron chi connectivity index (χ4n) is 7.13. The van der Waals surface area contributed by atoms with Crippen molar-refractivity contribution in [3.63, 3.8) is 0 Å². The summed E-state index contributed by atoms with van der Waals surface area (Å²) in [7, 11) is 0. The number of esters is 3. The zero-order chi connectivity index (χ0) is 42.8. The molecule has 0 heterocycles. The number of rotatable bonds is 36. The van der Waals surface area contributed by atoms with Crippen molar-refractivity contribution in [2.45, 2.75) is 213 Å². The van der Waals surface area contributed by atoms with Gasteiger partial charge in [-0.1, -0.05) is 175 Å². The third-order valence-electron chi connectivity index (χ3n) is 10.8. The molecule has 0 fully saturated rings. The lowest BCUT2D eigenvalue weighted by atomic mass is 10.1. The molecular weight excluding hydrogens is 741 g/mol. The Kier molecular flexibility index (Phi) is 29.4. The van der Waals surface area contributed by atoms with E-state index in [0.717, 1.165) is 57.8 Å². The van der Waals surface area contributed by atoms with Crippen LogP contribution in [0.15, 0.2) is 42.5 Å². The molecule has 2 aromatic rings. The maximum atomic E-state index is 13.5. The van der Waals surface area contributed by atoms with E-state index in [2.05, 4.69) is 20.8 Å². The van der Waals surface area contributed by atoms with Crippen LogP contribution in [-0.2, 0) is 14.4 Å². The maximum Gasteiger partial charge on any atom is 0.311 e. The molecule has 8 nitrogen and oxygen atoms in total. The SMILES string of the molecule is CCCCCCCCCCCC(=O)Oc1ccc(C=CC(=O)c2ccc(O)cc2OC(=O)CCCCCCCCCCC)c(OC(=O)CCCCCCCCCCC)c1. The van der Waals surface area contributed by atoms with Gasteiger partial charge in [-0.25, -0.2) is 0 Å². The van der Waals surface area contributed by atoms with Gasteiger partial charge in [-0.15, -0.1) is 0 Å². The Bertz CT molecular complexity index is 1490. The average molecular weight is 819 g/mol. The first-order valence-corrected chi connectivity index (χ1v) is 23.6. The zero-order valence-electron chi connectivity index (χ0n) is 37.1. The van der Waals surface area contributed by atoms with Crippen molar-refractivity contribution in [2.75, 3.05) is 0 Å². The molecule has 330 valence electrons. The minimum Gasteiger partial charge on any atom is -0.508 e. The zero-order valence-corrected chi connectivity index (χ0v) is 37.1. The highest BCUT2D eigenvalue weighted by atomic mass is 16.5. The molecule has 2 rings (SSSR count). The molecule has 0 spiro atoms. The smallest absolute Gasteiger partial charge is 0.311 e. The number of benzene rings is 2. The summed E-state index contributed by atoms with van der Waals surface area (Å²) in [6, 6.07) is 8.85. The van der Waals surface area contributed by atoms with Crippen LogP contribution in [0.25, 0.3) is 6.08 Å². The number of hydrogen-bond acceptors (Lipinski definition) is 8. The number of unbranched alkanes of at least 4 members (excludes halogenated alkanes) is 24. The van der Waals surface area contributed by atoms with Crippen LogP contribution in [0.2, 0.25) is 0 Å². The van der Waals surface area contributed by atoms with Crippen LogP contribution in [-0.4, -0.2) is 28.8 Å². The van der Waals surface area contributed by atoms with Crippen LogP contribution in [0.3, 0.4) is 0 Å². The topological polar surface area (TPSA) is 116 Å². The molecule has 0 atom stereocenters. The molecule has 1 N–H and O–H groups in total. The van der Waals surface area contributed by atoms with Gasteiger partial charge in [-0.05, 0) is 55.7 Å². The first-order valence-electron chi connectivity index (χ1n) is 23.6. The Hall–Kier alpha value is -3.94. The van der Waals surface area contributed by atoms with Crippen molar-refractivity contribution >= 4 is 29.8 Å². The third kappa shape index (κ3) is 25.3. The summed E-state index contributed by atoms with van der Waals surface area (Å²) in [6.45, 7) is 6.65. The average Bonchev–Trinajstić information content (AvgIpc) is 3.21. The maximum absolute atomic E-state index is 13.5. The molecular formula is C51H78O8. The van der Waals surface area contributed by atoms with Crippen molar-refractivity contribution < 1.29 is 38.5 Å². The number of phenolic OH excluding ortho intramolecular Hbond substituents is 1. The number of ketones is 1. The first kappa shape index (κ1) is 51.2. The molecule has 0 saturated carbocycles. The summed E-state index contributed by atoms with van der Waals surface area (Å²) < 4.78 is 17.1. The molecule has 0 aromatic heterocycles. The van der Waals surface area contributed by atoms with E-state index in [9.17, 15) is 24.3 Å². The van der Waals surface area contributed by atoms with Gasteiger partial charge in [-0.2, -0.15) is 0 Å². The van der Waals surface area contributed by atoms with Gasteiger partial charge in [0.2, 0.25) is 0 Å². The Morgan fingerprint density at radius 2 is 0.847 bits per heavy atom. The molecule has 0 amide bonds. The fraction of sp³-hybridized carbons (Fsp3) is 0.647. The molecule has 59 heavy (non-hydrogen) atoms. The van der Waals surface area contributed by atoms with Crippen molar-refractivity contribution in [3.8, 4) is 23.0 Å². The molecule has 0 aliphatic heterocycles. The van der Waals surface area contributed by atoms with Gasteiger partial charge >= 0.3 is 17.9 Å². The van der Waals surface area contributed by atoms with Gasteiger partial charge in [0.05, 0.1) is 5.56 Å². The van der Waals surface area contributed by atoms with Crippen LogP contribution >= 0.6 is 0 Å². The van der Waals surface area contributed by atoms with E-state index in [4.69, 9.17) is 14.2 Å². The second-order valence-electron chi connectivity index (χ2n) is 16.2. The lowest BCUT2D eigenvalue weighted by molar-refractivity contribution is -0.135. The monoisotopic (exact) mass is 819 g/mol. The first-order chi connectivity index (χ1) is 28.8. The minimum absolute atomic E-state index is 0.0116. The second kappa shape index (κ2) is 33.8. The lowest BCUT2D eigenvalue weighted by Crippen LogP contribution is -2.11. The third-order valence-corrected chi connectivity index (χ3v) is 10.8. The second-order valence-corrected chi connectivity index (χ2v) is 16.2. The van der Waals surface area contributed by atoms with E-state index in [1.807, 2.05) is 0 Å². The summed E-state index contributed by atoms with van der Waals surface area (Å²) in [5.74, 6) is -1.35. The molecule has 8 heteroatoms. The minimum atomic E-state index is -0.459. The number of hydrogen-bond donors (Lipinski definition) is 1. The summed E-state index contributed by atoms with van der Waals surface area (Å²) in [4.78, 5) is 52.0. The van der Waals surface area contributed by atoms with Crippen molar-refractivity contribution in [2.24, 2.45) is 0 Å². The predicted octanol–water partition coefficient (Wildman–Crippen LogP) is 14.8. The molecule has 0 bridgehead atoms. The highest BCUT2D eigenvalue weighted by Gasteiger charge is 2.17.